The standard InChI is InChI=1S/C13H10Cl2N2OS/c1-8-2-4-10(19-8)7-16-17-13(18)11-5-3-9(14)6-12(11)15/h2-7H,1H3,(H,17,18)/b16-7-. The predicted molar refractivity (Wildman–Crippen MR) is 80.6 cm³/mol. The molecule has 0 aliphatic rings. The van der Waals surface area contributed by atoms with Gasteiger partial charge in [-0.3, -0.25) is 4.79 Å². The predicted octanol–water partition coefficient (Wildman–Crippen LogP) is 4.13. The Morgan fingerprint density at radius 3 is 2.74 bits per heavy atom. The molecule has 0 aliphatic heterocycles. The molecule has 19 heavy (non-hydrogen) atoms. The third-order valence-corrected chi connectivity index (χ3v) is 3.78. The van der Waals surface area contributed by atoms with Crippen LogP contribution in [0.2, 0.25) is 10.0 Å². The summed E-state index contributed by atoms with van der Waals surface area (Å²) in [5, 5.41) is 4.67. The summed E-state index contributed by atoms with van der Waals surface area (Å²) in [6, 6.07) is 8.61. The monoisotopic (exact) mass is 312 g/mol. The summed E-state index contributed by atoms with van der Waals surface area (Å²) >= 11 is 13.3. The molecule has 1 heterocycles. The molecule has 2 rings (SSSR count). The summed E-state index contributed by atoms with van der Waals surface area (Å²) in [6.45, 7) is 2.01. The van der Waals surface area contributed by atoms with E-state index in [1.165, 1.54) is 10.9 Å². The Morgan fingerprint density at radius 2 is 2.11 bits per heavy atom. The van der Waals surface area contributed by atoms with Crippen LogP contribution in [-0.2, 0) is 0 Å². The summed E-state index contributed by atoms with van der Waals surface area (Å²) in [6.07, 6.45) is 1.60. The zero-order chi connectivity index (χ0) is 13.8. The average Bonchev–Trinajstić information content (AvgIpc) is 2.75. The molecule has 6 heteroatoms. The fourth-order valence-corrected chi connectivity index (χ4v) is 2.65. The Hall–Kier alpha value is -1.36. The second kappa shape index (κ2) is 6.19. The number of hydrazone groups is 1. The van der Waals surface area contributed by atoms with Crippen molar-refractivity contribution < 1.29 is 4.79 Å². The molecule has 0 saturated heterocycles. The van der Waals surface area contributed by atoms with Crippen molar-refractivity contribution in [3.63, 3.8) is 0 Å². The van der Waals surface area contributed by atoms with Crippen molar-refractivity contribution in [1.29, 1.82) is 0 Å². The van der Waals surface area contributed by atoms with Gasteiger partial charge in [-0.1, -0.05) is 23.2 Å². The lowest BCUT2D eigenvalue weighted by molar-refractivity contribution is 0.0955. The van der Waals surface area contributed by atoms with Gasteiger partial charge in [0.15, 0.2) is 0 Å². The minimum atomic E-state index is -0.369. The first kappa shape index (κ1) is 14.1. The molecule has 0 aliphatic carbocycles. The van der Waals surface area contributed by atoms with Crippen LogP contribution in [0.1, 0.15) is 20.1 Å². The molecular formula is C13H10Cl2N2OS. The van der Waals surface area contributed by atoms with Gasteiger partial charge in [-0.25, -0.2) is 5.43 Å². The normalized spacial score (nSPS) is 10.9. The van der Waals surface area contributed by atoms with Gasteiger partial charge in [0.25, 0.3) is 5.91 Å². The zero-order valence-electron chi connectivity index (χ0n) is 9.98. The smallest absolute Gasteiger partial charge is 0.267 e. The second-order valence-corrected chi connectivity index (χ2v) is 5.93. The largest absolute Gasteiger partial charge is 0.272 e. The van der Waals surface area contributed by atoms with Crippen LogP contribution < -0.4 is 5.43 Å². The van der Waals surface area contributed by atoms with Crippen molar-refractivity contribution in [3.05, 3.63) is 55.7 Å². The summed E-state index contributed by atoms with van der Waals surface area (Å²) in [4.78, 5) is 14.0. The van der Waals surface area contributed by atoms with Gasteiger partial charge < -0.3 is 0 Å². The summed E-state index contributed by atoms with van der Waals surface area (Å²) in [7, 11) is 0. The van der Waals surface area contributed by atoms with E-state index in [0.717, 1.165) is 4.88 Å². The van der Waals surface area contributed by atoms with E-state index < -0.39 is 0 Å². The second-order valence-electron chi connectivity index (χ2n) is 3.77. The van der Waals surface area contributed by atoms with Crippen molar-refractivity contribution in [2.75, 3.05) is 0 Å². The van der Waals surface area contributed by atoms with E-state index in [1.54, 1.807) is 29.7 Å². The van der Waals surface area contributed by atoms with Crippen molar-refractivity contribution in [3.8, 4) is 0 Å². The number of carbonyl (C=O) groups is 1. The number of hydrogen-bond acceptors (Lipinski definition) is 3. The quantitative estimate of drug-likeness (QED) is 0.672. The fraction of sp³-hybridized carbons (Fsp3) is 0.0769. The number of amides is 1. The van der Waals surface area contributed by atoms with Gasteiger partial charge in [0, 0.05) is 14.8 Å². The van der Waals surface area contributed by atoms with Crippen molar-refractivity contribution in [1.82, 2.24) is 5.43 Å². The van der Waals surface area contributed by atoms with Crippen molar-refractivity contribution in [2.24, 2.45) is 5.10 Å². The Balaban J connectivity index is 2.03. The van der Waals surface area contributed by atoms with E-state index in [9.17, 15) is 4.79 Å². The lowest BCUT2D eigenvalue weighted by atomic mass is 10.2. The Kier molecular flexibility index (Phi) is 4.58. The van der Waals surface area contributed by atoms with Gasteiger partial charge in [0.1, 0.15) is 0 Å². The SMILES string of the molecule is Cc1ccc(/C=N\NC(=O)c2ccc(Cl)cc2Cl)s1. The van der Waals surface area contributed by atoms with Gasteiger partial charge in [0.2, 0.25) is 0 Å². The average molecular weight is 313 g/mol. The van der Waals surface area contributed by atoms with Crippen molar-refractivity contribution >= 4 is 46.7 Å². The number of benzene rings is 1. The molecular weight excluding hydrogens is 303 g/mol. The van der Waals surface area contributed by atoms with Crippen LogP contribution in [0.15, 0.2) is 35.4 Å². The van der Waals surface area contributed by atoms with Crippen LogP contribution in [0.3, 0.4) is 0 Å². The highest BCUT2D eigenvalue weighted by Gasteiger charge is 2.09. The van der Waals surface area contributed by atoms with Crippen LogP contribution in [0, 0.1) is 6.92 Å². The van der Waals surface area contributed by atoms with E-state index in [1.807, 2.05) is 19.1 Å². The molecule has 0 saturated carbocycles. The van der Waals surface area contributed by atoms with E-state index in [4.69, 9.17) is 23.2 Å². The molecule has 0 fully saturated rings. The number of rotatable bonds is 3. The molecule has 98 valence electrons. The third-order valence-electron chi connectivity index (χ3n) is 2.29. The number of hydrogen-bond donors (Lipinski definition) is 1. The lowest BCUT2D eigenvalue weighted by Gasteiger charge is -2.02. The van der Waals surface area contributed by atoms with Crippen molar-refractivity contribution in [2.45, 2.75) is 6.92 Å². The molecule has 2 aromatic rings. The summed E-state index contributed by atoms with van der Waals surface area (Å²) < 4.78 is 0. The number of carbonyl (C=O) groups excluding carboxylic acids is 1. The van der Waals surface area contributed by atoms with Gasteiger partial charge in [0.05, 0.1) is 16.8 Å². The van der Waals surface area contributed by atoms with E-state index in [2.05, 4.69) is 10.5 Å². The molecule has 0 spiro atoms. The van der Waals surface area contributed by atoms with Gasteiger partial charge in [-0.2, -0.15) is 5.10 Å². The topological polar surface area (TPSA) is 41.5 Å². The molecule has 1 aromatic heterocycles. The highest BCUT2D eigenvalue weighted by atomic mass is 35.5. The Labute approximate surface area is 124 Å². The van der Waals surface area contributed by atoms with E-state index in [-0.39, 0.29) is 5.91 Å². The molecule has 0 radical (unpaired) electrons. The van der Waals surface area contributed by atoms with Crippen LogP contribution in [0.5, 0.6) is 0 Å². The number of halogens is 2. The zero-order valence-corrected chi connectivity index (χ0v) is 12.3. The van der Waals surface area contributed by atoms with Crippen LogP contribution in [0.4, 0.5) is 0 Å². The molecule has 0 atom stereocenters. The van der Waals surface area contributed by atoms with Gasteiger partial charge >= 0.3 is 0 Å². The molecule has 1 aromatic carbocycles. The maximum Gasteiger partial charge on any atom is 0.272 e. The van der Waals surface area contributed by atoms with Crippen LogP contribution in [0.25, 0.3) is 0 Å². The van der Waals surface area contributed by atoms with Gasteiger partial charge in [-0.15, -0.1) is 11.3 Å². The maximum atomic E-state index is 11.8. The summed E-state index contributed by atoms with van der Waals surface area (Å²) in [5.41, 5.74) is 2.77. The molecule has 0 unspecified atom stereocenters. The molecule has 1 N–H and O–H groups in total. The van der Waals surface area contributed by atoms with Crippen LogP contribution in [-0.4, -0.2) is 12.1 Å². The first-order valence-electron chi connectivity index (χ1n) is 5.41. The maximum absolute atomic E-state index is 11.8. The first-order valence-corrected chi connectivity index (χ1v) is 6.98. The third kappa shape index (κ3) is 3.80. The summed E-state index contributed by atoms with van der Waals surface area (Å²) in [5.74, 6) is -0.369. The lowest BCUT2D eigenvalue weighted by Crippen LogP contribution is -2.17. The highest BCUT2D eigenvalue weighted by Crippen LogP contribution is 2.20. The molecule has 3 nitrogen and oxygen atoms in total. The Bertz CT molecular complexity index is 637. The highest BCUT2D eigenvalue weighted by molar-refractivity contribution is 7.13. The number of aryl methyl sites for hydroxylation is 1. The number of nitrogens with one attached hydrogen (secondary N) is 1. The minimum absolute atomic E-state index is 0.298. The Morgan fingerprint density at radius 1 is 1.32 bits per heavy atom. The number of nitrogens with zero attached hydrogens (tertiary/aromatic N) is 1. The van der Waals surface area contributed by atoms with Gasteiger partial charge in [-0.05, 0) is 37.3 Å². The van der Waals surface area contributed by atoms with Crippen LogP contribution >= 0.6 is 34.5 Å². The molecule has 1 amide bonds. The first-order chi connectivity index (χ1) is 9.06. The number of thiophene rings is 1. The minimum Gasteiger partial charge on any atom is -0.267 e. The molecule has 0 bridgehead atoms. The fourth-order valence-electron chi connectivity index (χ4n) is 1.41. The van der Waals surface area contributed by atoms with E-state index >= 15 is 0 Å². The van der Waals surface area contributed by atoms with E-state index in [0.29, 0.717) is 15.6 Å².